The number of hydrogen-bond donors (Lipinski definition) is 2. The molecule has 0 spiro atoms. The fourth-order valence-electron chi connectivity index (χ4n) is 2.21. The molecule has 0 saturated heterocycles. The molecule has 1 heterocycles. The van der Waals surface area contributed by atoms with Crippen molar-refractivity contribution < 1.29 is 9.47 Å². The molecular formula is C16H19ClN4O2. The summed E-state index contributed by atoms with van der Waals surface area (Å²) in [4.78, 5) is 7.91. The largest absolute Gasteiger partial charge is 0.493 e. The SMILES string of the molecule is C=CCc1cc(CNc2ncnc(N)c2Cl)cc(OC)c1OC. The fourth-order valence-corrected chi connectivity index (χ4v) is 2.37. The van der Waals surface area contributed by atoms with Crippen molar-refractivity contribution in [1.82, 2.24) is 9.97 Å². The lowest BCUT2D eigenvalue weighted by Crippen LogP contribution is -2.06. The molecule has 0 aliphatic rings. The predicted molar refractivity (Wildman–Crippen MR) is 92.2 cm³/mol. The molecule has 0 aliphatic carbocycles. The third-order valence-corrected chi connectivity index (χ3v) is 3.63. The Kier molecular flexibility index (Phi) is 5.65. The lowest BCUT2D eigenvalue weighted by molar-refractivity contribution is 0.352. The Bertz CT molecular complexity index is 707. The van der Waals surface area contributed by atoms with Crippen LogP contribution in [0.25, 0.3) is 0 Å². The average molecular weight is 335 g/mol. The second kappa shape index (κ2) is 7.69. The average Bonchev–Trinajstić information content (AvgIpc) is 2.56. The normalized spacial score (nSPS) is 10.2. The van der Waals surface area contributed by atoms with Crippen molar-refractivity contribution in [2.24, 2.45) is 0 Å². The summed E-state index contributed by atoms with van der Waals surface area (Å²) in [6.07, 6.45) is 3.85. The third kappa shape index (κ3) is 3.84. The number of rotatable bonds is 7. The number of nitrogens with two attached hydrogens (primary N) is 1. The molecule has 2 rings (SSSR count). The van der Waals surface area contributed by atoms with Gasteiger partial charge in [-0.05, 0) is 24.1 Å². The van der Waals surface area contributed by atoms with Crippen LogP contribution in [0.4, 0.5) is 11.6 Å². The Morgan fingerprint density at radius 3 is 2.74 bits per heavy atom. The van der Waals surface area contributed by atoms with Crippen LogP contribution in [-0.2, 0) is 13.0 Å². The molecule has 0 fully saturated rings. The minimum Gasteiger partial charge on any atom is -0.493 e. The Balaban J connectivity index is 2.27. The number of anilines is 2. The highest BCUT2D eigenvalue weighted by molar-refractivity contribution is 6.35. The van der Waals surface area contributed by atoms with Gasteiger partial charge in [-0.25, -0.2) is 9.97 Å². The van der Waals surface area contributed by atoms with Gasteiger partial charge in [-0.2, -0.15) is 0 Å². The molecule has 0 aliphatic heterocycles. The van der Waals surface area contributed by atoms with Crippen molar-refractivity contribution >= 4 is 23.2 Å². The zero-order valence-electron chi connectivity index (χ0n) is 13.1. The van der Waals surface area contributed by atoms with Crippen molar-refractivity contribution in [3.63, 3.8) is 0 Å². The topological polar surface area (TPSA) is 82.3 Å². The van der Waals surface area contributed by atoms with E-state index < -0.39 is 0 Å². The van der Waals surface area contributed by atoms with Crippen molar-refractivity contribution in [2.45, 2.75) is 13.0 Å². The summed E-state index contributed by atoms with van der Waals surface area (Å²) < 4.78 is 10.8. The molecule has 1 aromatic carbocycles. The third-order valence-electron chi connectivity index (χ3n) is 3.26. The molecule has 122 valence electrons. The second-order valence-electron chi connectivity index (χ2n) is 4.76. The molecule has 0 bridgehead atoms. The van der Waals surface area contributed by atoms with Gasteiger partial charge < -0.3 is 20.5 Å². The summed E-state index contributed by atoms with van der Waals surface area (Å²) >= 11 is 6.08. The minimum atomic E-state index is 0.240. The molecule has 0 atom stereocenters. The molecule has 3 N–H and O–H groups in total. The van der Waals surface area contributed by atoms with Crippen LogP contribution in [0.3, 0.4) is 0 Å². The number of nitrogen functional groups attached to an aromatic ring is 1. The second-order valence-corrected chi connectivity index (χ2v) is 5.14. The summed E-state index contributed by atoms with van der Waals surface area (Å²) in [6.45, 7) is 4.27. The monoisotopic (exact) mass is 334 g/mol. The van der Waals surface area contributed by atoms with Gasteiger partial charge in [0.2, 0.25) is 0 Å². The zero-order valence-corrected chi connectivity index (χ0v) is 13.9. The number of nitrogens with one attached hydrogen (secondary N) is 1. The Labute approximate surface area is 140 Å². The number of aromatic nitrogens is 2. The molecule has 0 amide bonds. The van der Waals surface area contributed by atoms with Crippen LogP contribution in [0.15, 0.2) is 31.1 Å². The van der Waals surface area contributed by atoms with Crippen LogP contribution in [0.5, 0.6) is 11.5 Å². The van der Waals surface area contributed by atoms with E-state index in [1.807, 2.05) is 18.2 Å². The molecular weight excluding hydrogens is 316 g/mol. The number of nitrogens with zero attached hydrogens (tertiary/aromatic N) is 2. The first-order valence-electron chi connectivity index (χ1n) is 6.95. The van der Waals surface area contributed by atoms with Gasteiger partial charge in [-0.1, -0.05) is 17.7 Å². The fraction of sp³-hybridized carbons (Fsp3) is 0.250. The number of methoxy groups -OCH3 is 2. The van der Waals surface area contributed by atoms with E-state index in [1.54, 1.807) is 14.2 Å². The van der Waals surface area contributed by atoms with Crippen LogP contribution < -0.4 is 20.5 Å². The summed E-state index contributed by atoms with van der Waals surface area (Å²) in [5.74, 6) is 2.10. The van der Waals surface area contributed by atoms with E-state index in [4.69, 9.17) is 26.8 Å². The summed E-state index contributed by atoms with van der Waals surface area (Å²) in [5.41, 5.74) is 7.65. The number of allylic oxidation sites excluding steroid dienone is 1. The Morgan fingerprint density at radius 1 is 1.30 bits per heavy atom. The maximum absolute atomic E-state index is 6.08. The van der Waals surface area contributed by atoms with Crippen molar-refractivity contribution in [2.75, 3.05) is 25.3 Å². The van der Waals surface area contributed by atoms with E-state index >= 15 is 0 Å². The maximum atomic E-state index is 6.08. The lowest BCUT2D eigenvalue weighted by Gasteiger charge is -2.15. The van der Waals surface area contributed by atoms with Gasteiger partial charge >= 0.3 is 0 Å². The molecule has 2 aromatic rings. The molecule has 1 aromatic heterocycles. The maximum Gasteiger partial charge on any atom is 0.164 e. The van der Waals surface area contributed by atoms with E-state index in [2.05, 4.69) is 21.9 Å². The number of ether oxygens (including phenoxy) is 2. The van der Waals surface area contributed by atoms with Crippen LogP contribution in [0.2, 0.25) is 5.02 Å². The Morgan fingerprint density at radius 2 is 2.09 bits per heavy atom. The molecule has 23 heavy (non-hydrogen) atoms. The van der Waals surface area contributed by atoms with Gasteiger partial charge in [0.25, 0.3) is 0 Å². The number of hydrogen-bond acceptors (Lipinski definition) is 6. The van der Waals surface area contributed by atoms with Gasteiger partial charge in [-0.3, -0.25) is 0 Å². The highest BCUT2D eigenvalue weighted by Gasteiger charge is 2.12. The quantitative estimate of drug-likeness (QED) is 0.757. The van der Waals surface area contributed by atoms with Crippen molar-refractivity contribution in [1.29, 1.82) is 0 Å². The minimum absolute atomic E-state index is 0.240. The number of benzene rings is 1. The zero-order chi connectivity index (χ0) is 16.8. The first-order valence-corrected chi connectivity index (χ1v) is 7.33. The van der Waals surface area contributed by atoms with Gasteiger partial charge in [0.05, 0.1) is 14.2 Å². The van der Waals surface area contributed by atoms with E-state index in [0.29, 0.717) is 35.3 Å². The Hall–Kier alpha value is -2.47. The van der Waals surface area contributed by atoms with Gasteiger partial charge in [0, 0.05) is 12.1 Å². The van der Waals surface area contributed by atoms with Crippen molar-refractivity contribution in [3.8, 4) is 11.5 Å². The smallest absolute Gasteiger partial charge is 0.164 e. The van der Waals surface area contributed by atoms with Crippen LogP contribution in [0, 0.1) is 0 Å². The highest BCUT2D eigenvalue weighted by Crippen LogP contribution is 2.33. The van der Waals surface area contributed by atoms with E-state index in [-0.39, 0.29) is 5.82 Å². The van der Waals surface area contributed by atoms with Crippen LogP contribution in [-0.4, -0.2) is 24.2 Å². The first-order chi connectivity index (χ1) is 11.1. The molecule has 6 nitrogen and oxygen atoms in total. The van der Waals surface area contributed by atoms with Gasteiger partial charge in [0.1, 0.15) is 17.2 Å². The standard InChI is InChI=1S/C16H19ClN4O2/c1-4-5-11-6-10(7-12(22-2)14(11)23-3)8-19-16-13(17)15(18)20-9-21-16/h4,6-7,9H,1,5,8H2,2-3H3,(H3,18,19,20,21). The lowest BCUT2D eigenvalue weighted by atomic mass is 10.1. The molecule has 0 unspecified atom stereocenters. The molecule has 7 heteroatoms. The molecule has 0 saturated carbocycles. The molecule has 0 radical (unpaired) electrons. The summed E-state index contributed by atoms with van der Waals surface area (Å²) in [7, 11) is 3.22. The van der Waals surface area contributed by atoms with Gasteiger partial charge in [0.15, 0.2) is 17.3 Å². The van der Waals surface area contributed by atoms with Crippen LogP contribution in [0.1, 0.15) is 11.1 Å². The van der Waals surface area contributed by atoms with E-state index in [0.717, 1.165) is 11.1 Å². The predicted octanol–water partition coefficient (Wildman–Crippen LogP) is 3.07. The van der Waals surface area contributed by atoms with E-state index in [1.165, 1.54) is 6.33 Å². The van der Waals surface area contributed by atoms with Crippen LogP contribution >= 0.6 is 11.6 Å². The number of halogens is 1. The summed E-state index contributed by atoms with van der Waals surface area (Å²) in [6, 6.07) is 3.92. The van der Waals surface area contributed by atoms with Crippen molar-refractivity contribution in [3.05, 3.63) is 47.3 Å². The van der Waals surface area contributed by atoms with Gasteiger partial charge in [-0.15, -0.1) is 6.58 Å². The van der Waals surface area contributed by atoms with E-state index in [9.17, 15) is 0 Å². The summed E-state index contributed by atoms with van der Waals surface area (Å²) in [5, 5.41) is 3.45. The first kappa shape index (κ1) is 16.9. The highest BCUT2D eigenvalue weighted by atomic mass is 35.5.